The highest BCUT2D eigenvalue weighted by molar-refractivity contribution is 5.91. The average molecular weight is 745 g/mol. The highest BCUT2D eigenvalue weighted by Gasteiger charge is 2.49. The molecule has 0 N–H and O–H groups in total. The van der Waals surface area contributed by atoms with Gasteiger partial charge in [-0.05, 0) is 104 Å². The zero-order valence-electron chi connectivity index (χ0n) is 33.1. The Morgan fingerprint density at radius 1 is 0.618 bits per heavy atom. The second-order valence-electron chi connectivity index (χ2n) is 15.1. The van der Waals surface area contributed by atoms with Crippen molar-refractivity contribution in [3.8, 4) is 23.0 Å². The van der Waals surface area contributed by atoms with Crippen LogP contribution in [0.1, 0.15) is 142 Å². The summed E-state index contributed by atoms with van der Waals surface area (Å²) in [7, 11) is 0. The molecule has 6 rings (SSSR count). The van der Waals surface area contributed by atoms with Crippen molar-refractivity contribution in [3.63, 3.8) is 0 Å². The quantitative estimate of drug-likeness (QED) is 0.0248. The molecule has 0 heterocycles. The summed E-state index contributed by atoms with van der Waals surface area (Å²) in [5, 5.41) is 0. The van der Waals surface area contributed by atoms with Gasteiger partial charge in [-0.1, -0.05) is 127 Å². The number of hydrogen-bond acceptors (Lipinski definition) is 6. The van der Waals surface area contributed by atoms with E-state index in [1.165, 1.54) is 75.3 Å². The summed E-state index contributed by atoms with van der Waals surface area (Å²) in [6, 6.07) is 27.8. The lowest BCUT2D eigenvalue weighted by Crippen LogP contribution is -2.24. The molecule has 1 atom stereocenters. The molecule has 0 aliphatic heterocycles. The van der Waals surface area contributed by atoms with Gasteiger partial charge in [-0.15, -0.1) is 0 Å². The maximum atomic E-state index is 13.5. The summed E-state index contributed by atoms with van der Waals surface area (Å²) in [6.45, 7) is 6.23. The standard InChI is InChI=1S/C49H60O6/c1-3-5-7-9-11-13-35-51-42-27-23-38(24-28-42)18-17-37-53-55-45-22-16-20-40-32-34-49(47(40)45)33-31-39-19-15-21-44(46(39)49)54-48(50)41-25-29-43(30-26-41)52-36-14-12-10-8-6-4-2/h15-30H,3-14,31-37H2,1-2H3/b18-17+. The SMILES string of the molecule is CCCCCCCCOc1ccc(/C=C/COOc2cccc3c2C2(CC3)CCc3cccc(OC(=O)c4ccc(OCCCCCCCC)cc4)c32)cc1. The van der Waals surface area contributed by atoms with Gasteiger partial charge in [0.05, 0.1) is 18.8 Å². The molecule has 2 aliphatic carbocycles. The summed E-state index contributed by atoms with van der Waals surface area (Å²) in [6.07, 6.45) is 22.5. The molecule has 4 aromatic rings. The third-order valence-electron chi connectivity index (χ3n) is 11.2. The van der Waals surface area contributed by atoms with Gasteiger partial charge in [-0.25, -0.2) is 4.79 Å². The highest BCUT2D eigenvalue weighted by Crippen LogP contribution is 2.57. The van der Waals surface area contributed by atoms with E-state index in [4.69, 9.17) is 24.0 Å². The molecule has 0 saturated carbocycles. The topological polar surface area (TPSA) is 63.2 Å². The molecule has 0 radical (unpaired) electrons. The van der Waals surface area contributed by atoms with Crippen molar-refractivity contribution in [2.75, 3.05) is 19.8 Å². The number of aryl methyl sites for hydroxylation is 2. The van der Waals surface area contributed by atoms with Crippen LogP contribution in [0.2, 0.25) is 0 Å². The summed E-state index contributed by atoms with van der Waals surface area (Å²) in [5.41, 5.74) is 5.97. The number of fused-ring (bicyclic) bond motifs is 4. The van der Waals surface area contributed by atoms with Crippen molar-refractivity contribution < 1.29 is 28.8 Å². The molecule has 0 aromatic heterocycles. The van der Waals surface area contributed by atoms with Crippen LogP contribution in [0.15, 0.2) is 91.0 Å². The van der Waals surface area contributed by atoms with Crippen molar-refractivity contribution in [1.29, 1.82) is 0 Å². The number of benzene rings is 4. The Balaban J connectivity index is 1.03. The van der Waals surface area contributed by atoms with Gasteiger partial charge in [0.2, 0.25) is 0 Å². The number of hydrogen-bond donors (Lipinski definition) is 0. The molecule has 4 aromatic carbocycles. The van der Waals surface area contributed by atoms with Crippen LogP contribution in [0.3, 0.4) is 0 Å². The monoisotopic (exact) mass is 744 g/mol. The molecule has 2 aliphatic rings. The molecular formula is C49H60O6. The molecule has 292 valence electrons. The Kier molecular flexibility index (Phi) is 15.3. The van der Waals surface area contributed by atoms with Crippen LogP contribution >= 0.6 is 0 Å². The number of ether oxygens (including phenoxy) is 3. The van der Waals surface area contributed by atoms with Crippen LogP contribution < -0.4 is 19.1 Å². The fourth-order valence-electron chi connectivity index (χ4n) is 8.24. The number of carbonyl (C=O) groups excluding carboxylic acids is 1. The summed E-state index contributed by atoms with van der Waals surface area (Å²) < 4.78 is 18.1. The minimum atomic E-state index is -0.369. The summed E-state index contributed by atoms with van der Waals surface area (Å²) in [5.74, 6) is 2.65. The van der Waals surface area contributed by atoms with Gasteiger partial charge < -0.3 is 19.1 Å². The number of rotatable bonds is 23. The predicted octanol–water partition coefficient (Wildman–Crippen LogP) is 12.6. The first-order valence-electron chi connectivity index (χ1n) is 21.0. The lowest BCUT2D eigenvalue weighted by Gasteiger charge is -2.29. The molecule has 0 amide bonds. The van der Waals surface area contributed by atoms with E-state index in [0.29, 0.717) is 24.5 Å². The van der Waals surface area contributed by atoms with Crippen molar-refractivity contribution in [1.82, 2.24) is 0 Å². The van der Waals surface area contributed by atoms with E-state index >= 15 is 0 Å². The second-order valence-corrected chi connectivity index (χ2v) is 15.1. The predicted molar refractivity (Wildman–Crippen MR) is 222 cm³/mol. The van der Waals surface area contributed by atoms with E-state index < -0.39 is 0 Å². The lowest BCUT2D eigenvalue weighted by molar-refractivity contribution is -0.196. The van der Waals surface area contributed by atoms with Gasteiger partial charge in [0.15, 0.2) is 5.75 Å². The number of esters is 1. The molecule has 6 heteroatoms. The minimum absolute atomic E-state index is 0.301. The van der Waals surface area contributed by atoms with E-state index in [1.807, 2.05) is 60.7 Å². The van der Waals surface area contributed by atoms with Gasteiger partial charge in [0, 0.05) is 16.5 Å². The average Bonchev–Trinajstić information content (AvgIpc) is 3.79. The van der Waals surface area contributed by atoms with Gasteiger partial charge in [0.1, 0.15) is 23.9 Å². The fourth-order valence-corrected chi connectivity index (χ4v) is 8.24. The molecule has 0 saturated heterocycles. The Morgan fingerprint density at radius 3 is 1.75 bits per heavy atom. The molecule has 1 spiro atoms. The van der Waals surface area contributed by atoms with Gasteiger partial charge >= 0.3 is 5.97 Å². The first-order valence-corrected chi connectivity index (χ1v) is 21.0. The Bertz CT molecular complexity index is 1810. The number of unbranched alkanes of at least 4 members (excludes halogenated alkanes) is 10. The third kappa shape index (κ3) is 10.8. The molecular weight excluding hydrogens is 685 g/mol. The molecule has 0 bridgehead atoms. The third-order valence-corrected chi connectivity index (χ3v) is 11.2. The summed E-state index contributed by atoms with van der Waals surface area (Å²) in [4.78, 5) is 25.4. The fraction of sp³-hybridized carbons (Fsp3) is 0.449. The molecule has 55 heavy (non-hydrogen) atoms. The van der Waals surface area contributed by atoms with Crippen molar-refractivity contribution in [3.05, 3.63) is 124 Å². The zero-order valence-corrected chi connectivity index (χ0v) is 33.1. The van der Waals surface area contributed by atoms with Crippen LogP contribution in [-0.2, 0) is 23.1 Å². The van der Waals surface area contributed by atoms with E-state index in [1.54, 1.807) is 12.1 Å². The highest BCUT2D eigenvalue weighted by atomic mass is 17.2. The Hall–Kier alpha value is -4.55. The number of carbonyl (C=O) groups is 1. The van der Waals surface area contributed by atoms with Gasteiger partial charge in [0.25, 0.3) is 0 Å². The first kappa shape index (κ1) is 40.1. The van der Waals surface area contributed by atoms with Crippen LogP contribution in [0.4, 0.5) is 0 Å². The minimum Gasteiger partial charge on any atom is -0.494 e. The summed E-state index contributed by atoms with van der Waals surface area (Å²) >= 11 is 0. The van der Waals surface area contributed by atoms with Crippen LogP contribution in [0.25, 0.3) is 6.08 Å². The van der Waals surface area contributed by atoms with Crippen LogP contribution in [0, 0.1) is 0 Å². The first-order chi connectivity index (χ1) is 27.1. The van der Waals surface area contributed by atoms with Crippen molar-refractivity contribution in [2.45, 2.75) is 122 Å². The van der Waals surface area contributed by atoms with E-state index in [-0.39, 0.29) is 11.4 Å². The maximum absolute atomic E-state index is 13.5. The van der Waals surface area contributed by atoms with Gasteiger partial charge in [-0.3, -0.25) is 0 Å². The van der Waals surface area contributed by atoms with E-state index in [2.05, 4.69) is 38.1 Å². The van der Waals surface area contributed by atoms with Crippen molar-refractivity contribution in [2.24, 2.45) is 0 Å². The molecule has 6 nitrogen and oxygen atoms in total. The van der Waals surface area contributed by atoms with Crippen LogP contribution in [0.5, 0.6) is 23.0 Å². The maximum Gasteiger partial charge on any atom is 0.343 e. The van der Waals surface area contributed by atoms with Gasteiger partial charge in [-0.2, -0.15) is 4.89 Å². The van der Waals surface area contributed by atoms with E-state index in [9.17, 15) is 4.79 Å². The van der Waals surface area contributed by atoms with Crippen LogP contribution in [-0.4, -0.2) is 25.8 Å². The molecule has 0 fully saturated rings. The lowest BCUT2D eigenvalue weighted by atomic mass is 9.76. The van der Waals surface area contributed by atoms with Crippen molar-refractivity contribution >= 4 is 12.0 Å². The molecule has 1 unspecified atom stereocenters. The zero-order chi connectivity index (χ0) is 38.1. The Labute approximate surface area is 329 Å². The smallest absolute Gasteiger partial charge is 0.343 e. The largest absolute Gasteiger partial charge is 0.494 e. The Morgan fingerprint density at radius 2 is 1.15 bits per heavy atom. The second kappa shape index (κ2) is 20.9. The normalized spacial score (nSPS) is 15.7. The van der Waals surface area contributed by atoms with E-state index in [0.717, 1.165) is 79.1 Å².